The summed E-state index contributed by atoms with van der Waals surface area (Å²) in [5.74, 6) is 0. The molecule has 0 radical (unpaired) electrons. The van der Waals surface area contributed by atoms with Crippen LogP contribution < -0.4 is 5.73 Å². The van der Waals surface area contributed by atoms with E-state index in [1.165, 1.54) is 0 Å². The molecule has 2 N–H and O–H groups in total. The Labute approximate surface area is 54.2 Å². The predicted molar refractivity (Wildman–Crippen MR) is 23.9 cm³/mol. The van der Waals surface area contributed by atoms with Crippen LogP contribution in [0.5, 0.6) is 0 Å². The molecule has 1 unspecified atom stereocenters. The van der Waals surface area contributed by atoms with Gasteiger partial charge in [-0.15, -0.1) is 0 Å². The first-order chi connectivity index (χ1) is 2.27. The predicted octanol–water partition coefficient (Wildman–Crippen LogP) is 0.741. The third kappa shape index (κ3) is 8.82. The zero-order valence-corrected chi connectivity index (χ0v) is 5.92. The standard InChI is InChI=1S/C4H11N.Ti/c1-3-4(2)5;/h4H,3,5H2,1-2H3;. The van der Waals surface area contributed by atoms with E-state index in [-0.39, 0.29) is 21.7 Å². The quantitative estimate of drug-likeness (QED) is 0.508. The summed E-state index contributed by atoms with van der Waals surface area (Å²) in [6, 6.07) is 0.384. The second-order valence-electron chi connectivity index (χ2n) is 1.39. The van der Waals surface area contributed by atoms with E-state index in [9.17, 15) is 0 Å². The van der Waals surface area contributed by atoms with Crippen molar-refractivity contribution in [1.29, 1.82) is 0 Å². The van der Waals surface area contributed by atoms with Crippen molar-refractivity contribution in [2.75, 3.05) is 0 Å². The molecule has 36 valence electrons. The van der Waals surface area contributed by atoms with Gasteiger partial charge in [0.05, 0.1) is 0 Å². The zero-order chi connectivity index (χ0) is 4.28. The minimum Gasteiger partial charge on any atom is -0.328 e. The Balaban J connectivity index is 0. The van der Waals surface area contributed by atoms with Gasteiger partial charge < -0.3 is 5.73 Å². The molecule has 0 amide bonds. The molecule has 0 aromatic rings. The smallest absolute Gasteiger partial charge is 0.000781 e. The molecular formula is C4H11NTi. The molecule has 0 heterocycles. The number of rotatable bonds is 1. The summed E-state index contributed by atoms with van der Waals surface area (Å²) in [5, 5.41) is 0. The molecule has 0 aromatic carbocycles. The van der Waals surface area contributed by atoms with E-state index in [4.69, 9.17) is 5.73 Å². The third-order valence-corrected chi connectivity index (χ3v) is 0.644. The van der Waals surface area contributed by atoms with E-state index >= 15 is 0 Å². The van der Waals surface area contributed by atoms with Gasteiger partial charge in [0.1, 0.15) is 0 Å². The minimum atomic E-state index is 0. The van der Waals surface area contributed by atoms with Gasteiger partial charge in [-0.2, -0.15) is 0 Å². The molecule has 0 saturated carbocycles. The fourth-order valence-electron chi connectivity index (χ4n) is 0. The van der Waals surface area contributed by atoms with Crippen molar-refractivity contribution in [2.45, 2.75) is 26.3 Å². The second kappa shape index (κ2) is 5.67. The first-order valence-corrected chi connectivity index (χ1v) is 2.03. The van der Waals surface area contributed by atoms with Gasteiger partial charge in [-0.25, -0.2) is 0 Å². The molecule has 0 aliphatic rings. The Morgan fingerprint density at radius 1 is 1.67 bits per heavy atom. The average molecular weight is 121 g/mol. The van der Waals surface area contributed by atoms with Crippen molar-refractivity contribution in [2.24, 2.45) is 5.73 Å². The van der Waals surface area contributed by atoms with Crippen molar-refractivity contribution in [3.63, 3.8) is 0 Å². The van der Waals surface area contributed by atoms with E-state index in [1.807, 2.05) is 6.92 Å². The molecule has 0 bridgehead atoms. The van der Waals surface area contributed by atoms with Crippen molar-refractivity contribution in [1.82, 2.24) is 0 Å². The maximum atomic E-state index is 5.29. The molecule has 0 rings (SSSR count). The van der Waals surface area contributed by atoms with Gasteiger partial charge in [-0.05, 0) is 13.3 Å². The summed E-state index contributed by atoms with van der Waals surface area (Å²) in [4.78, 5) is 0. The normalized spacial score (nSPS) is 12.5. The molecule has 0 saturated heterocycles. The molecule has 2 heteroatoms. The van der Waals surface area contributed by atoms with Gasteiger partial charge in [0.25, 0.3) is 0 Å². The van der Waals surface area contributed by atoms with Crippen molar-refractivity contribution in [3.8, 4) is 0 Å². The Morgan fingerprint density at radius 3 is 1.83 bits per heavy atom. The molecule has 1 nitrogen and oxygen atoms in total. The van der Waals surface area contributed by atoms with Crippen LogP contribution in [0, 0.1) is 0 Å². The molecule has 0 aliphatic heterocycles. The van der Waals surface area contributed by atoms with Crippen molar-refractivity contribution >= 4 is 0 Å². The minimum absolute atomic E-state index is 0. The van der Waals surface area contributed by atoms with Gasteiger partial charge in [-0.3, -0.25) is 0 Å². The van der Waals surface area contributed by atoms with Crippen LogP contribution in [0.3, 0.4) is 0 Å². The van der Waals surface area contributed by atoms with Crippen LogP contribution >= 0.6 is 0 Å². The summed E-state index contributed by atoms with van der Waals surface area (Å²) in [7, 11) is 0. The van der Waals surface area contributed by atoms with Gasteiger partial charge in [0.15, 0.2) is 0 Å². The van der Waals surface area contributed by atoms with Crippen LogP contribution in [0.2, 0.25) is 0 Å². The Morgan fingerprint density at radius 2 is 1.83 bits per heavy atom. The summed E-state index contributed by atoms with van der Waals surface area (Å²) < 4.78 is 0. The maximum Gasteiger partial charge on any atom is 0.000781 e. The molecular weight excluding hydrogens is 110 g/mol. The number of nitrogens with two attached hydrogens (primary N) is 1. The topological polar surface area (TPSA) is 26.0 Å². The van der Waals surface area contributed by atoms with E-state index in [0.717, 1.165) is 6.42 Å². The Hall–Kier alpha value is 0.674. The molecule has 0 aliphatic carbocycles. The average Bonchev–Trinajstić information content (AvgIpc) is 1.38. The van der Waals surface area contributed by atoms with Gasteiger partial charge in [0.2, 0.25) is 0 Å². The van der Waals surface area contributed by atoms with Gasteiger partial charge in [0, 0.05) is 27.8 Å². The van der Waals surface area contributed by atoms with Crippen molar-refractivity contribution in [3.05, 3.63) is 0 Å². The summed E-state index contributed by atoms with van der Waals surface area (Å²) >= 11 is 0. The zero-order valence-electron chi connectivity index (χ0n) is 4.36. The van der Waals surface area contributed by atoms with Crippen LogP contribution in [0.25, 0.3) is 0 Å². The van der Waals surface area contributed by atoms with Crippen LogP contribution in [-0.2, 0) is 21.7 Å². The van der Waals surface area contributed by atoms with E-state index in [2.05, 4.69) is 6.92 Å². The first-order valence-electron chi connectivity index (χ1n) is 2.03. The fourth-order valence-corrected chi connectivity index (χ4v) is 0. The summed E-state index contributed by atoms with van der Waals surface area (Å²) in [6.07, 6.45) is 1.08. The molecule has 1 atom stereocenters. The molecule has 0 aromatic heterocycles. The van der Waals surface area contributed by atoms with Crippen molar-refractivity contribution < 1.29 is 21.7 Å². The van der Waals surface area contributed by atoms with Crippen LogP contribution in [0.15, 0.2) is 0 Å². The van der Waals surface area contributed by atoms with Crippen LogP contribution in [0.4, 0.5) is 0 Å². The largest absolute Gasteiger partial charge is 0.328 e. The van der Waals surface area contributed by atoms with Gasteiger partial charge >= 0.3 is 0 Å². The Bertz CT molecular complexity index is 21.5. The Kier molecular flexibility index (Phi) is 9.30. The molecule has 6 heavy (non-hydrogen) atoms. The van der Waals surface area contributed by atoms with E-state index in [1.54, 1.807) is 0 Å². The van der Waals surface area contributed by atoms with E-state index in [0.29, 0.717) is 6.04 Å². The monoisotopic (exact) mass is 121 g/mol. The summed E-state index contributed by atoms with van der Waals surface area (Å²) in [6.45, 7) is 4.07. The maximum absolute atomic E-state index is 5.29. The van der Waals surface area contributed by atoms with Crippen LogP contribution in [-0.4, -0.2) is 6.04 Å². The number of hydrogen-bond acceptors (Lipinski definition) is 1. The SMILES string of the molecule is CCC(C)N.[Ti]. The second-order valence-corrected chi connectivity index (χ2v) is 1.39. The summed E-state index contributed by atoms with van der Waals surface area (Å²) in [5.41, 5.74) is 5.29. The fraction of sp³-hybridized carbons (Fsp3) is 1.00. The first kappa shape index (κ1) is 9.84. The number of hydrogen-bond donors (Lipinski definition) is 1. The van der Waals surface area contributed by atoms with E-state index < -0.39 is 0 Å². The third-order valence-electron chi connectivity index (χ3n) is 0.644. The van der Waals surface area contributed by atoms with Crippen LogP contribution in [0.1, 0.15) is 20.3 Å². The molecule has 0 spiro atoms. The molecule has 0 fully saturated rings. The van der Waals surface area contributed by atoms with Gasteiger partial charge in [-0.1, -0.05) is 6.92 Å².